The second kappa shape index (κ2) is 6.59. The maximum atomic E-state index is 13.7. The zero-order chi connectivity index (χ0) is 15.4. The van der Waals surface area contributed by atoms with Gasteiger partial charge in [-0.2, -0.15) is 0 Å². The van der Waals surface area contributed by atoms with Crippen LogP contribution in [0.5, 0.6) is 11.5 Å². The van der Waals surface area contributed by atoms with Crippen LogP contribution in [-0.2, 0) is 6.61 Å². The summed E-state index contributed by atoms with van der Waals surface area (Å²) in [4.78, 5) is 0. The van der Waals surface area contributed by atoms with E-state index in [1.807, 2.05) is 31.2 Å². The molecule has 2 N–H and O–H groups in total. The molecule has 0 saturated heterocycles. The Labute approximate surface area is 124 Å². The molecule has 21 heavy (non-hydrogen) atoms. The first-order valence-electron chi connectivity index (χ1n) is 6.82. The highest BCUT2D eigenvalue weighted by Crippen LogP contribution is 2.28. The molecule has 2 aromatic rings. The third-order valence-electron chi connectivity index (χ3n) is 3.31. The molecule has 0 saturated carbocycles. The number of halogens is 1. The van der Waals surface area contributed by atoms with Crippen LogP contribution in [0.3, 0.4) is 0 Å². The standard InChI is InChI=1S/C17H20FNO2/c1-11-7-17(15(12(2)19)9-16(11)18)21-10-13-5-4-6-14(8-13)20-3/h4-9,12H,10,19H2,1-3H3. The van der Waals surface area contributed by atoms with E-state index in [0.29, 0.717) is 23.5 Å². The van der Waals surface area contributed by atoms with E-state index >= 15 is 0 Å². The summed E-state index contributed by atoms with van der Waals surface area (Å²) in [5, 5.41) is 0. The largest absolute Gasteiger partial charge is 0.497 e. The van der Waals surface area contributed by atoms with Gasteiger partial charge in [-0.25, -0.2) is 4.39 Å². The second-order valence-corrected chi connectivity index (χ2v) is 5.07. The predicted octanol–water partition coefficient (Wildman–Crippen LogP) is 3.74. The van der Waals surface area contributed by atoms with Crippen molar-refractivity contribution in [3.63, 3.8) is 0 Å². The van der Waals surface area contributed by atoms with E-state index in [0.717, 1.165) is 11.3 Å². The Morgan fingerprint density at radius 1 is 1.24 bits per heavy atom. The van der Waals surface area contributed by atoms with Crippen LogP contribution in [-0.4, -0.2) is 7.11 Å². The van der Waals surface area contributed by atoms with Gasteiger partial charge in [0.25, 0.3) is 0 Å². The van der Waals surface area contributed by atoms with Gasteiger partial charge in [-0.1, -0.05) is 12.1 Å². The summed E-state index contributed by atoms with van der Waals surface area (Å²) >= 11 is 0. The highest BCUT2D eigenvalue weighted by atomic mass is 19.1. The monoisotopic (exact) mass is 289 g/mol. The van der Waals surface area contributed by atoms with E-state index in [4.69, 9.17) is 15.2 Å². The number of aryl methyl sites for hydroxylation is 1. The van der Waals surface area contributed by atoms with Crippen molar-refractivity contribution in [2.45, 2.75) is 26.5 Å². The summed E-state index contributed by atoms with van der Waals surface area (Å²) in [5.41, 5.74) is 8.07. The minimum Gasteiger partial charge on any atom is -0.497 e. The van der Waals surface area contributed by atoms with E-state index in [1.165, 1.54) is 6.07 Å². The van der Waals surface area contributed by atoms with Gasteiger partial charge in [-0.15, -0.1) is 0 Å². The second-order valence-electron chi connectivity index (χ2n) is 5.07. The number of methoxy groups -OCH3 is 1. The van der Waals surface area contributed by atoms with E-state index in [9.17, 15) is 4.39 Å². The van der Waals surface area contributed by atoms with Crippen LogP contribution in [0.15, 0.2) is 36.4 Å². The molecule has 0 fully saturated rings. The van der Waals surface area contributed by atoms with Gasteiger partial charge < -0.3 is 15.2 Å². The fraction of sp³-hybridized carbons (Fsp3) is 0.294. The van der Waals surface area contributed by atoms with Crippen molar-refractivity contribution in [3.8, 4) is 11.5 Å². The summed E-state index contributed by atoms with van der Waals surface area (Å²) < 4.78 is 24.6. The molecule has 0 aliphatic rings. The molecule has 0 heterocycles. The van der Waals surface area contributed by atoms with Crippen LogP contribution in [0.1, 0.15) is 29.7 Å². The van der Waals surface area contributed by atoms with E-state index in [1.54, 1.807) is 20.1 Å². The normalized spacial score (nSPS) is 12.0. The summed E-state index contributed by atoms with van der Waals surface area (Å²) in [6.45, 7) is 3.89. The Bertz CT molecular complexity index is 626. The van der Waals surface area contributed by atoms with Crippen molar-refractivity contribution in [3.05, 3.63) is 58.9 Å². The summed E-state index contributed by atoms with van der Waals surface area (Å²) in [6.07, 6.45) is 0. The van der Waals surface area contributed by atoms with Crippen LogP contribution < -0.4 is 15.2 Å². The number of hydrogen-bond acceptors (Lipinski definition) is 3. The van der Waals surface area contributed by atoms with Gasteiger partial charge in [0.1, 0.15) is 23.9 Å². The maximum absolute atomic E-state index is 13.7. The fourth-order valence-corrected chi connectivity index (χ4v) is 2.07. The quantitative estimate of drug-likeness (QED) is 0.912. The molecule has 0 amide bonds. The number of nitrogens with two attached hydrogens (primary N) is 1. The lowest BCUT2D eigenvalue weighted by atomic mass is 10.0. The van der Waals surface area contributed by atoms with E-state index in [2.05, 4.69) is 0 Å². The Kier molecular flexibility index (Phi) is 4.81. The first kappa shape index (κ1) is 15.3. The molecule has 4 heteroatoms. The molecule has 0 aliphatic carbocycles. The molecule has 0 bridgehead atoms. The number of hydrogen-bond donors (Lipinski definition) is 1. The fourth-order valence-electron chi connectivity index (χ4n) is 2.07. The van der Waals surface area contributed by atoms with Crippen molar-refractivity contribution in [2.24, 2.45) is 5.73 Å². The molecule has 1 unspecified atom stereocenters. The number of rotatable bonds is 5. The Hall–Kier alpha value is -2.07. The molecule has 0 aromatic heterocycles. The van der Waals surface area contributed by atoms with Crippen molar-refractivity contribution in [1.82, 2.24) is 0 Å². The van der Waals surface area contributed by atoms with Crippen molar-refractivity contribution in [1.29, 1.82) is 0 Å². The lowest BCUT2D eigenvalue weighted by molar-refractivity contribution is 0.299. The number of benzene rings is 2. The SMILES string of the molecule is COc1cccc(COc2cc(C)c(F)cc2C(C)N)c1. The van der Waals surface area contributed by atoms with Gasteiger partial charge in [0.05, 0.1) is 7.11 Å². The zero-order valence-electron chi connectivity index (χ0n) is 12.5. The molecule has 112 valence electrons. The van der Waals surface area contributed by atoms with Crippen LogP contribution in [0.2, 0.25) is 0 Å². The molecule has 1 atom stereocenters. The van der Waals surface area contributed by atoms with Gasteiger partial charge in [0.15, 0.2) is 0 Å². The molecule has 0 spiro atoms. The molecule has 0 aliphatic heterocycles. The van der Waals surface area contributed by atoms with Gasteiger partial charge in [-0.3, -0.25) is 0 Å². The molecule has 2 rings (SSSR count). The number of ether oxygens (including phenoxy) is 2. The third kappa shape index (κ3) is 3.73. The van der Waals surface area contributed by atoms with Gasteiger partial charge >= 0.3 is 0 Å². The highest BCUT2D eigenvalue weighted by Gasteiger charge is 2.12. The van der Waals surface area contributed by atoms with Crippen LogP contribution in [0.4, 0.5) is 4.39 Å². The van der Waals surface area contributed by atoms with Gasteiger partial charge in [-0.05, 0) is 49.2 Å². The van der Waals surface area contributed by atoms with Gasteiger partial charge in [0.2, 0.25) is 0 Å². The Morgan fingerprint density at radius 3 is 2.67 bits per heavy atom. The first-order chi connectivity index (χ1) is 10.0. The average molecular weight is 289 g/mol. The van der Waals surface area contributed by atoms with Crippen molar-refractivity contribution < 1.29 is 13.9 Å². The predicted molar refractivity (Wildman–Crippen MR) is 81.1 cm³/mol. The minimum absolute atomic E-state index is 0.268. The van der Waals surface area contributed by atoms with Crippen molar-refractivity contribution >= 4 is 0 Å². The minimum atomic E-state index is -0.291. The molecular weight excluding hydrogens is 269 g/mol. The van der Waals surface area contributed by atoms with Gasteiger partial charge in [0, 0.05) is 11.6 Å². The highest BCUT2D eigenvalue weighted by molar-refractivity contribution is 5.40. The molecule has 3 nitrogen and oxygen atoms in total. The van der Waals surface area contributed by atoms with Crippen molar-refractivity contribution in [2.75, 3.05) is 7.11 Å². The maximum Gasteiger partial charge on any atom is 0.126 e. The van der Waals surface area contributed by atoms with Crippen LogP contribution in [0, 0.1) is 12.7 Å². The summed E-state index contributed by atoms with van der Waals surface area (Å²) in [5.74, 6) is 1.13. The lowest BCUT2D eigenvalue weighted by Gasteiger charge is -2.15. The third-order valence-corrected chi connectivity index (χ3v) is 3.31. The molecule has 0 radical (unpaired) electrons. The smallest absolute Gasteiger partial charge is 0.126 e. The summed E-state index contributed by atoms with van der Waals surface area (Å²) in [7, 11) is 1.62. The summed E-state index contributed by atoms with van der Waals surface area (Å²) in [6, 6.07) is 10.5. The van der Waals surface area contributed by atoms with E-state index < -0.39 is 0 Å². The lowest BCUT2D eigenvalue weighted by Crippen LogP contribution is -2.09. The van der Waals surface area contributed by atoms with Crippen LogP contribution >= 0.6 is 0 Å². The topological polar surface area (TPSA) is 44.5 Å². The molecule has 2 aromatic carbocycles. The molecular formula is C17H20FNO2. The Balaban J connectivity index is 2.20. The Morgan fingerprint density at radius 2 is 2.00 bits per heavy atom. The first-order valence-corrected chi connectivity index (χ1v) is 6.82. The average Bonchev–Trinajstić information content (AvgIpc) is 2.48. The zero-order valence-corrected chi connectivity index (χ0v) is 12.5. The van der Waals surface area contributed by atoms with E-state index in [-0.39, 0.29) is 11.9 Å². The van der Waals surface area contributed by atoms with Crippen LogP contribution in [0.25, 0.3) is 0 Å².